The minimum absolute atomic E-state index is 0.0241. The standard InChI is InChI=1S/C22H23F3N2O3/c1-30-19-9-3-16(4-10-19)15-20(28)26-11-2-12-27(14-13-26)21(29)17-5-7-18(8-6-17)22(23,24)25/h3-10H,2,11-15H2,1H3. The number of hydrogen-bond donors (Lipinski definition) is 0. The summed E-state index contributed by atoms with van der Waals surface area (Å²) in [6.45, 7) is 1.72. The lowest BCUT2D eigenvalue weighted by Gasteiger charge is -2.22. The van der Waals surface area contributed by atoms with Crippen molar-refractivity contribution in [1.29, 1.82) is 0 Å². The highest BCUT2D eigenvalue weighted by atomic mass is 19.4. The Morgan fingerprint density at radius 3 is 2.10 bits per heavy atom. The molecule has 0 saturated carbocycles. The number of halogens is 3. The van der Waals surface area contributed by atoms with E-state index in [1.54, 1.807) is 29.0 Å². The van der Waals surface area contributed by atoms with Gasteiger partial charge in [0, 0.05) is 31.7 Å². The largest absolute Gasteiger partial charge is 0.497 e. The van der Waals surface area contributed by atoms with Crippen molar-refractivity contribution >= 4 is 11.8 Å². The molecule has 2 aromatic carbocycles. The zero-order valence-corrected chi connectivity index (χ0v) is 16.6. The number of methoxy groups -OCH3 is 1. The zero-order valence-electron chi connectivity index (χ0n) is 16.6. The number of carbonyl (C=O) groups is 2. The highest BCUT2D eigenvalue weighted by molar-refractivity contribution is 5.94. The highest BCUT2D eigenvalue weighted by Gasteiger charge is 2.30. The van der Waals surface area contributed by atoms with Gasteiger partial charge in [-0.1, -0.05) is 12.1 Å². The van der Waals surface area contributed by atoms with Crippen molar-refractivity contribution in [2.45, 2.75) is 19.0 Å². The van der Waals surface area contributed by atoms with E-state index >= 15 is 0 Å². The number of rotatable bonds is 4. The van der Waals surface area contributed by atoms with Gasteiger partial charge in [-0.15, -0.1) is 0 Å². The molecule has 1 fully saturated rings. The van der Waals surface area contributed by atoms with Crippen molar-refractivity contribution in [3.63, 3.8) is 0 Å². The van der Waals surface area contributed by atoms with Crippen LogP contribution in [0.25, 0.3) is 0 Å². The normalized spacial score (nSPS) is 14.9. The molecular formula is C22H23F3N2O3. The molecule has 0 radical (unpaired) electrons. The second kappa shape index (κ2) is 9.19. The van der Waals surface area contributed by atoms with Crippen LogP contribution in [0.15, 0.2) is 48.5 Å². The number of ether oxygens (including phenoxy) is 1. The fourth-order valence-electron chi connectivity index (χ4n) is 3.38. The lowest BCUT2D eigenvalue weighted by atomic mass is 10.1. The van der Waals surface area contributed by atoms with Gasteiger partial charge in [0.25, 0.3) is 5.91 Å². The lowest BCUT2D eigenvalue weighted by molar-refractivity contribution is -0.137. The zero-order chi connectivity index (χ0) is 21.7. The minimum Gasteiger partial charge on any atom is -0.497 e. The molecule has 0 spiro atoms. The summed E-state index contributed by atoms with van der Waals surface area (Å²) in [4.78, 5) is 28.6. The summed E-state index contributed by atoms with van der Waals surface area (Å²) in [6, 6.07) is 11.5. The van der Waals surface area contributed by atoms with Crippen molar-refractivity contribution in [2.24, 2.45) is 0 Å². The van der Waals surface area contributed by atoms with Crippen LogP contribution in [-0.2, 0) is 17.4 Å². The SMILES string of the molecule is COc1ccc(CC(=O)N2CCCN(C(=O)c3ccc(C(F)(F)F)cc3)CC2)cc1. The molecule has 0 unspecified atom stereocenters. The molecular weight excluding hydrogens is 397 g/mol. The van der Waals surface area contributed by atoms with Gasteiger partial charge in [-0.3, -0.25) is 9.59 Å². The summed E-state index contributed by atoms with van der Waals surface area (Å²) >= 11 is 0. The third-order valence-corrected chi connectivity index (χ3v) is 5.11. The molecule has 2 aromatic rings. The Morgan fingerprint density at radius 2 is 1.50 bits per heavy atom. The molecule has 30 heavy (non-hydrogen) atoms. The molecule has 0 atom stereocenters. The van der Waals surface area contributed by atoms with Crippen LogP contribution in [0.1, 0.15) is 27.9 Å². The van der Waals surface area contributed by atoms with Crippen molar-refractivity contribution in [3.8, 4) is 5.75 Å². The predicted octanol–water partition coefficient (Wildman–Crippen LogP) is 3.63. The summed E-state index contributed by atoms with van der Waals surface area (Å²) < 4.78 is 43.2. The van der Waals surface area contributed by atoms with E-state index < -0.39 is 11.7 Å². The fraction of sp³-hybridized carbons (Fsp3) is 0.364. The van der Waals surface area contributed by atoms with Gasteiger partial charge in [0.2, 0.25) is 5.91 Å². The Hall–Kier alpha value is -3.03. The van der Waals surface area contributed by atoms with Crippen LogP contribution in [0.3, 0.4) is 0 Å². The molecule has 0 N–H and O–H groups in total. The van der Waals surface area contributed by atoms with E-state index in [0.717, 1.165) is 23.4 Å². The third-order valence-electron chi connectivity index (χ3n) is 5.11. The summed E-state index contributed by atoms with van der Waals surface area (Å²) in [5, 5.41) is 0. The first-order valence-corrected chi connectivity index (χ1v) is 9.65. The van der Waals surface area contributed by atoms with Gasteiger partial charge in [-0.25, -0.2) is 0 Å². The molecule has 0 aliphatic carbocycles. The molecule has 1 aliphatic rings. The number of hydrogen-bond acceptors (Lipinski definition) is 3. The third kappa shape index (κ3) is 5.31. The van der Waals surface area contributed by atoms with E-state index in [-0.39, 0.29) is 23.8 Å². The second-order valence-corrected chi connectivity index (χ2v) is 7.13. The molecule has 0 bridgehead atoms. The van der Waals surface area contributed by atoms with Crippen molar-refractivity contribution in [2.75, 3.05) is 33.3 Å². The molecule has 3 rings (SSSR count). The molecule has 1 heterocycles. The summed E-state index contributed by atoms with van der Waals surface area (Å²) in [5.74, 6) is 0.371. The van der Waals surface area contributed by atoms with Crippen LogP contribution in [0.2, 0.25) is 0 Å². The quantitative estimate of drug-likeness (QED) is 0.759. The summed E-state index contributed by atoms with van der Waals surface area (Å²) in [7, 11) is 1.58. The van der Waals surface area contributed by atoms with E-state index in [2.05, 4.69) is 0 Å². The average molecular weight is 420 g/mol. The monoisotopic (exact) mass is 420 g/mol. The highest BCUT2D eigenvalue weighted by Crippen LogP contribution is 2.29. The molecule has 8 heteroatoms. The first-order chi connectivity index (χ1) is 14.3. The number of alkyl halides is 3. The average Bonchev–Trinajstić information content (AvgIpc) is 2.99. The van der Waals surface area contributed by atoms with Crippen molar-refractivity contribution in [3.05, 3.63) is 65.2 Å². The van der Waals surface area contributed by atoms with Crippen LogP contribution in [0, 0.1) is 0 Å². The van der Waals surface area contributed by atoms with E-state index in [1.807, 2.05) is 12.1 Å². The Kier molecular flexibility index (Phi) is 6.64. The van der Waals surface area contributed by atoms with E-state index in [9.17, 15) is 22.8 Å². The molecule has 1 aliphatic heterocycles. The molecule has 1 saturated heterocycles. The summed E-state index contributed by atoms with van der Waals surface area (Å²) in [6.07, 6.45) is -3.56. The van der Waals surface area contributed by atoms with Gasteiger partial charge in [-0.2, -0.15) is 13.2 Å². The fourth-order valence-corrected chi connectivity index (χ4v) is 3.38. The number of amides is 2. The van der Waals surface area contributed by atoms with Crippen LogP contribution >= 0.6 is 0 Å². The first-order valence-electron chi connectivity index (χ1n) is 9.65. The van der Waals surface area contributed by atoms with Gasteiger partial charge in [-0.05, 0) is 48.4 Å². The Bertz CT molecular complexity index is 880. The maximum absolute atomic E-state index is 12.7. The molecule has 2 amide bonds. The van der Waals surface area contributed by atoms with E-state index in [4.69, 9.17) is 4.74 Å². The van der Waals surface area contributed by atoms with Crippen LogP contribution in [-0.4, -0.2) is 54.9 Å². The van der Waals surface area contributed by atoms with Crippen molar-refractivity contribution in [1.82, 2.24) is 9.80 Å². The molecule has 160 valence electrons. The lowest BCUT2D eigenvalue weighted by Crippen LogP contribution is -2.38. The Balaban J connectivity index is 1.58. The van der Waals surface area contributed by atoms with Gasteiger partial charge < -0.3 is 14.5 Å². The maximum Gasteiger partial charge on any atom is 0.416 e. The second-order valence-electron chi connectivity index (χ2n) is 7.13. The minimum atomic E-state index is -4.44. The van der Waals surface area contributed by atoms with Gasteiger partial charge in [0.05, 0.1) is 19.1 Å². The summed E-state index contributed by atoms with van der Waals surface area (Å²) in [5.41, 5.74) is 0.300. The molecule has 5 nitrogen and oxygen atoms in total. The van der Waals surface area contributed by atoms with Crippen LogP contribution < -0.4 is 4.74 Å². The number of nitrogens with zero attached hydrogens (tertiary/aromatic N) is 2. The van der Waals surface area contributed by atoms with Crippen LogP contribution in [0.5, 0.6) is 5.75 Å². The van der Waals surface area contributed by atoms with E-state index in [0.29, 0.717) is 32.6 Å². The van der Waals surface area contributed by atoms with E-state index in [1.165, 1.54) is 12.1 Å². The maximum atomic E-state index is 12.7. The van der Waals surface area contributed by atoms with Gasteiger partial charge in [0.1, 0.15) is 5.75 Å². The smallest absolute Gasteiger partial charge is 0.416 e. The predicted molar refractivity (Wildman–Crippen MR) is 105 cm³/mol. The Morgan fingerprint density at radius 1 is 0.900 bits per heavy atom. The Labute approximate surface area is 173 Å². The number of benzene rings is 2. The van der Waals surface area contributed by atoms with Crippen LogP contribution in [0.4, 0.5) is 13.2 Å². The van der Waals surface area contributed by atoms with Gasteiger partial charge in [0.15, 0.2) is 0 Å². The number of carbonyl (C=O) groups excluding carboxylic acids is 2. The first kappa shape index (κ1) is 21.7. The topological polar surface area (TPSA) is 49.9 Å². The van der Waals surface area contributed by atoms with Gasteiger partial charge >= 0.3 is 6.18 Å². The molecule has 0 aromatic heterocycles. The van der Waals surface area contributed by atoms with Crippen molar-refractivity contribution < 1.29 is 27.5 Å².